The topological polar surface area (TPSA) is 49.4 Å². The summed E-state index contributed by atoms with van der Waals surface area (Å²) >= 11 is 12.0. The van der Waals surface area contributed by atoms with Gasteiger partial charge in [0.2, 0.25) is 0 Å². The molecule has 0 saturated carbocycles. The van der Waals surface area contributed by atoms with Crippen LogP contribution in [0.5, 0.6) is 0 Å². The molecule has 1 aliphatic rings. The number of amides is 3. The molecule has 0 fully saturated rings. The Morgan fingerprint density at radius 3 is 2.41 bits per heavy atom. The molecule has 1 aliphatic heterocycles. The van der Waals surface area contributed by atoms with Crippen molar-refractivity contribution in [2.45, 2.75) is 6.42 Å². The van der Waals surface area contributed by atoms with E-state index in [-0.39, 0.29) is 15.6 Å². The molecule has 2 aromatic rings. The highest BCUT2D eigenvalue weighted by Crippen LogP contribution is 2.28. The average molecular weight is 335 g/mol. The molecule has 4 nitrogen and oxygen atoms in total. The van der Waals surface area contributed by atoms with E-state index in [0.717, 1.165) is 17.7 Å². The SMILES string of the molecule is O=C(NC(=O)N1CCc2ccccc21)c1c(Cl)cccc1Cl. The number of imide groups is 1. The molecule has 112 valence electrons. The van der Waals surface area contributed by atoms with Crippen LogP contribution in [0.4, 0.5) is 10.5 Å². The third-order valence-corrected chi connectivity index (χ3v) is 4.17. The molecular weight excluding hydrogens is 323 g/mol. The van der Waals surface area contributed by atoms with Gasteiger partial charge in [0.25, 0.3) is 5.91 Å². The van der Waals surface area contributed by atoms with Gasteiger partial charge in [-0.2, -0.15) is 0 Å². The van der Waals surface area contributed by atoms with Gasteiger partial charge in [-0.3, -0.25) is 15.0 Å². The van der Waals surface area contributed by atoms with Gasteiger partial charge < -0.3 is 0 Å². The van der Waals surface area contributed by atoms with Crippen molar-refractivity contribution in [3.8, 4) is 0 Å². The zero-order chi connectivity index (χ0) is 15.7. The largest absolute Gasteiger partial charge is 0.328 e. The number of hydrogen-bond acceptors (Lipinski definition) is 2. The van der Waals surface area contributed by atoms with Gasteiger partial charge in [0.1, 0.15) is 0 Å². The summed E-state index contributed by atoms with van der Waals surface area (Å²) in [5.74, 6) is -0.606. The van der Waals surface area contributed by atoms with Crippen molar-refractivity contribution in [1.29, 1.82) is 0 Å². The van der Waals surface area contributed by atoms with E-state index in [9.17, 15) is 9.59 Å². The molecule has 6 heteroatoms. The Bertz CT molecular complexity index is 741. The molecule has 0 bridgehead atoms. The number of para-hydroxylation sites is 1. The van der Waals surface area contributed by atoms with Gasteiger partial charge >= 0.3 is 6.03 Å². The van der Waals surface area contributed by atoms with Gasteiger partial charge in [-0.05, 0) is 30.2 Å². The molecule has 0 aromatic heterocycles. The summed E-state index contributed by atoms with van der Waals surface area (Å²) in [5, 5.41) is 2.76. The number of benzene rings is 2. The Hall–Kier alpha value is -2.04. The van der Waals surface area contributed by atoms with E-state index in [4.69, 9.17) is 23.2 Å². The molecule has 0 aliphatic carbocycles. The van der Waals surface area contributed by atoms with E-state index < -0.39 is 11.9 Å². The van der Waals surface area contributed by atoms with Crippen LogP contribution in [0.25, 0.3) is 0 Å². The van der Waals surface area contributed by atoms with Crippen molar-refractivity contribution >= 4 is 40.8 Å². The second-order valence-corrected chi connectivity index (χ2v) is 5.70. The van der Waals surface area contributed by atoms with Crippen molar-refractivity contribution in [3.63, 3.8) is 0 Å². The Balaban J connectivity index is 1.80. The number of nitrogens with zero attached hydrogens (tertiary/aromatic N) is 1. The molecule has 3 amide bonds. The lowest BCUT2D eigenvalue weighted by atomic mass is 10.2. The van der Waals surface area contributed by atoms with E-state index in [1.165, 1.54) is 4.90 Å². The van der Waals surface area contributed by atoms with Crippen molar-refractivity contribution in [2.24, 2.45) is 0 Å². The standard InChI is InChI=1S/C16H12Cl2N2O2/c17-11-5-3-6-12(18)14(11)15(21)19-16(22)20-9-8-10-4-1-2-7-13(10)20/h1-7H,8-9H2,(H,19,21,22). The maximum absolute atomic E-state index is 12.3. The Morgan fingerprint density at radius 1 is 1.00 bits per heavy atom. The van der Waals surface area contributed by atoms with E-state index in [2.05, 4.69) is 5.32 Å². The van der Waals surface area contributed by atoms with Crippen molar-refractivity contribution in [1.82, 2.24) is 5.32 Å². The molecule has 1 heterocycles. The summed E-state index contributed by atoms with van der Waals surface area (Å²) < 4.78 is 0. The van der Waals surface area contributed by atoms with Crippen LogP contribution in [0.3, 0.4) is 0 Å². The highest BCUT2D eigenvalue weighted by atomic mass is 35.5. The Labute approximate surface area is 137 Å². The van der Waals surface area contributed by atoms with Crippen LogP contribution < -0.4 is 10.2 Å². The van der Waals surface area contributed by atoms with Crippen LogP contribution in [0.2, 0.25) is 10.0 Å². The van der Waals surface area contributed by atoms with Crippen LogP contribution >= 0.6 is 23.2 Å². The lowest BCUT2D eigenvalue weighted by Crippen LogP contribution is -2.42. The van der Waals surface area contributed by atoms with Crippen molar-refractivity contribution < 1.29 is 9.59 Å². The predicted octanol–water partition coefficient (Wildman–Crippen LogP) is 3.91. The number of urea groups is 1. The number of carbonyl (C=O) groups excluding carboxylic acids is 2. The highest BCUT2D eigenvalue weighted by Gasteiger charge is 2.26. The van der Waals surface area contributed by atoms with E-state index in [1.54, 1.807) is 18.2 Å². The first-order chi connectivity index (χ1) is 10.6. The molecule has 2 aromatic carbocycles. The maximum atomic E-state index is 12.3. The Kier molecular flexibility index (Phi) is 4.05. The zero-order valence-corrected chi connectivity index (χ0v) is 13.0. The average Bonchev–Trinajstić information content (AvgIpc) is 2.91. The summed E-state index contributed by atoms with van der Waals surface area (Å²) in [6, 6.07) is 11.9. The predicted molar refractivity (Wildman–Crippen MR) is 86.8 cm³/mol. The van der Waals surface area contributed by atoms with E-state index in [1.807, 2.05) is 24.3 Å². The summed E-state index contributed by atoms with van der Waals surface area (Å²) in [6.45, 7) is 0.536. The quantitative estimate of drug-likeness (QED) is 0.859. The van der Waals surface area contributed by atoms with E-state index >= 15 is 0 Å². The summed E-state index contributed by atoms with van der Waals surface area (Å²) in [4.78, 5) is 26.1. The molecule has 0 spiro atoms. The van der Waals surface area contributed by atoms with Gasteiger partial charge in [-0.15, -0.1) is 0 Å². The fourth-order valence-electron chi connectivity index (χ4n) is 2.49. The fourth-order valence-corrected chi connectivity index (χ4v) is 3.06. The third-order valence-electron chi connectivity index (χ3n) is 3.54. The number of nitrogens with one attached hydrogen (secondary N) is 1. The molecule has 0 unspecified atom stereocenters. The molecular formula is C16H12Cl2N2O2. The maximum Gasteiger partial charge on any atom is 0.328 e. The zero-order valence-electron chi connectivity index (χ0n) is 11.5. The minimum Gasteiger partial charge on any atom is -0.294 e. The second kappa shape index (κ2) is 5.99. The minimum absolute atomic E-state index is 0.103. The number of hydrogen-bond donors (Lipinski definition) is 1. The number of carbonyl (C=O) groups is 2. The molecule has 0 radical (unpaired) electrons. The van der Waals surface area contributed by atoms with Crippen LogP contribution in [-0.2, 0) is 6.42 Å². The molecule has 3 rings (SSSR count). The number of rotatable bonds is 1. The van der Waals surface area contributed by atoms with Gasteiger partial charge in [-0.25, -0.2) is 4.79 Å². The molecule has 1 N–H and O–H groups in total. The van der Waals surface area contributed by atoms with Crippen LogP contribution in [0, 0.1) is 0 Å². The first kappa shape index (κ1) is 14.9. The van der Waals surface area contributed by atoms with Crippen LogP contribution in [0.1, 0.15) is 15.9 Å². The van der Waals surface area contributed by atoms with Crippen LogP contribution in [0.15, 0.2) is 42.5 Å². The van der Waals surface area contributed by atoms with E-state index in [0.29, 0.717) is 6.54 Å². The second-order valence-electron chi connectivity index (χ2n) is 4.89. The number of anilines is 1. The molecule has 0 saturated heterocycles. The van der Waals surface area contributed by atoms with Crippen LogP contribution in [-0.4, -0.2) is 18.5 Å². The first-order valence-corrected chi connectivity index (χ1v) is 7.48. The molecule has 0 atom stereocenters. The molecule has 22 heavy (non-hydrogen) atoms. The summed E-state index contributed by atoms with van der Waals surface area (Å²) in [5.41, 5.74) is 2.01. The highest BCUT2D eigenvalue weighted by molar-refractivity contribution is 6.40. The third kappa shape index (κ3) is 2.67. The first-order valence-electron chi connectivity index (χ1n) is 6.72. The minimum atomic E-state index is -0.606. The number of halogens is 2. The monoisotopic (exact) mass is 334 g/mol. The van der Waals surface area contributed by atoms with Gasteiger partial charge in [-0.1, -0.05) is 47.5 Å². The Morgan fingerprint density at radius 2 is 1.68 bits per heavy atom. The van der Waals surface area contributed by atoms with Gasteiger partial charge in [0, 0.05) is 12.2 Å². The van der Waals surface area contributed by atoms with Gasteiger partial charge in [0.05, 0.1) is 15.6 Å². The van der Waals surface area contributed by atoms with Crippen molar-refractivity contribution in [3.05, 3.63) is 63.6 Å². The summed E-state index contributed by atoms with van der Waals surface area (Å²) in [6.07, 6.45) is 0.768. The normalized spacial score (nSPS) is 12.9. The summed E-state index contributed by atoms with van der Waals surface area (Å²) in [7, 11) is 0. The van der Waals surface area contributed by atoms with Gasteiger partial charge in [0.15, 0.2) is 0 Å². The smallest absolute Gasteiger partial charge is 0.294 e. The van der Waals surface area contributed by atoms with Crippen molar-refractivity contribution in [2.75, 3.05) is 11.4 Å². The fraction of sp³-hybridized carbons (Fsp3) is 0.125. The lowest BCUT2D eigenvalue weighted by molar-refractivity contribution is 0.0966. The number of fused-ring (bicyclic) bond motifs is 1. The lowest BCUT2D eigenvalue weighted by Gasteiger charge is -2.17.